The molecule has 0 saturated carbocycles. The summed E-state index contributed by atoms with van der Waals surface area (Å²) >= 11 is 0. The molecule has 1 aromatic rings. The topological polar surface area (TPSA) is 58.6 Å². The van der Waals surface area contributed by atoms with Gasteiger partial charge in [-0.25, -0.2) is 4.39 Å². The van der Waals surface area contributed by atoms with Crippen LogP contribution in [-0.4, -0.2) is 24.7 Å². The maximum Gasteiger partial charge on any atom is 0.303 e. The number of hydrogen-bond donors (Lipinski definition) is 2. The van der Waals surface area contributed by atoms with Crippen LogP contribution >= 0.6 is 0 Å². The predicted molar refractivity (Wildman–Crippen MR) is 66.2 cm³/mol. The van der Waals surface area contributed by atoms with Gasteiger partial charge in [-0.3, -0.25) is 4.79 Å². The predicted octanol–water partition coefficient (Wildman–Crippen LogP) is 2.35. The second-order valence-corrected chi connectivity index (χ2v) is 4.07. The Bertz CT molecular complexity index is 409. The molecule has 1 rings (SSSR count). The minimum Gasteiger partial charge on any atom is -0.494 e. The van der Waals surface area contributed by atoms with E-state index in [1.165, 1.54) is 13.2 Å². The molecule has 0 saturated heterocycles. The van der Waals surface area contributed by atoms with Crippen molar-refractivity contribution in [2.75, 3.05) is 13.7 Å². The van der Waals surface area contributed by atoms with Gasteiger partial charge in [0.25, 0.3) is 0 Å². The second-order valence-electron chi connectivity index (χ2n) is 4.07. The molecule has 0 aliphatic rings. The van der Waals surface area contributed by atoms with Gasteiger partial charge in [0.15, 0.2) is 11.6 Å². The molecule has 2 N–H and O–H groups in total. The maximum absolute atomic E-state index is 13.2. The van der Waals surface area contributed by atoms with Gasteiger partial charge in [-0.15, -0.1) is 0 Å². The number of nitrogens with one attached hydrogen (secondary N) is 1. The summed E-state index contributed by atoms with van der Waals surface area (Å²) < 4.78 is 18.1. The van der Waals surface area contributed by atoms with Crippen LogP contribution in [0.25, 0.3) is 0 Å². The molecule has 1 atom stereocenters. The maximum atomic E-state index is 13.2. The molecule has 4 nitrogen and oxygen atoms in total. The van der Waals surface area contributed by atoms with E-state index in [2.05, 4.69) is 5.32 Å². The molecule has 0 aliphatic heterocycles. The third-order valence-corrected chi connectivity index (χ3v) is 2.69. The average molecular weight is 255 g/mol. The summed E-state index contributed by atoms with van der Waals surface area (Å²) in [6, 6.07) is 4.72. The lowest BCUT2D eigenvalue weighted by molar-refractivity contribution is -0.137. The Morgan fingerprint density at radius 2 is 2.28 bits per heavy atom. The number of methoxy groups -OCH3 is 1. The zero-order chi connectivity index (χ0) is 13.5. The second kappa shape index (κ2) is 6.96. The summed E-state index contributed by atoms with van der Waals surface area (Å²) in [6.07, 6.45) is 0.713. The molecule has 5 heteroatoms. The molecular formula is C13H18FNO3. The quantitative estimate of drug-likeness (QED) is 0.734. The lowest BCUT2D eigenvalue weighted by atomic mass is 10.1. The fourth-order valence-corrected chi connectivity index (χ4v) is 1.62. The smallest absolute Gasteiger partial charge is 0.303 e. The van der Waals surface area contributed by atoms with E-state index in [-0.39, 0.29) is 24.0 Å². The Labute approximate surface area is 106 Å². The minimum atomic E-state index is -0.798. The number of carboxylic acids is 1. The molecule has 0 amide bonds. The molecule has 0 fully saturated rings. The van der Waals surface area contributed by atoms with Crippen molar-refractivity contribution in [1.82, 2.24) is 5.32 Å². The van der Waals surface area contributed by atoms with Crippen LogP contribution in [-0.2, 0) is 4.79 Å². The lowest BCUT2D eigenvalue weighted by Crippen LogP contribution is -2.20. The zero-order valence-corrected chi connectivity index (χ0v) is 10.6. The van der Waals surface area contributed by atoms with Crippen LogP contribution in [0.15, 0.2) is 18.2 Å². The largest absolute Gasteiger partial charge is 0.494 e. The fraction of sp³-hybridized carbons (Fsp3) is 0.462. The van der Waals surface area contributed by atoms with Gasteiger partial charge in [0, 0.05) is 12.5 Å². The van der Waals surface area contributed by atoms with Gasteiger partial charge in [0.2, 0.25) is 0 Å². The average Bonchev–Trinajstić information content (AvgIpc) is 2.34. The molecule has 1 unspecified atom stereocenters. The van der Waals surface area contributed by atoms with Gasteiger partial charge >= 0.3 is 5.97 Å². The van der Waals surface area contributed by atoms with Crippen molar-refractivity contribution in [3.8, 4) is 5.75 Å². The van der Waals surface area contributed by atoms with E-state index >= 15 is 0 Å². The standard InChI is InChI=1S/C13H18FNO3/c1-9(15-7-3-4-13(16)17)10-5-6-11(14)12(8-10)18-2/h5-6,8-9,15H,3-4,7H2,1-2H3,(H,16,17). The third kappa shape index (κ3) is 4.33. The highest BCUT2D eigenvalue weighted by Crippen LogP contribution is 2.22. The van der Waals surface area contributed by atoms with Crippen molar-refractivity contribution in [3.63, 3.8) is 0 Å². The number of halogens is 1. The highest BCUT2D eigenvalue weighted by Gasteiger charge is 2.09. The monoisotopic (exact) mass is 255 g/mol. The molecule has 1 aromatic carbocycles. The summed E-state index contributed by atoms with van der Waals surface area (Å²) in [7, 11) is 1.42. The molecule has 100 valence electrons. The van der Waals surface area contributed by atoms with Gasteiger partial charge in [-0.1, -0.05) is 6.07 Å². The number of rotatable bonds is 7. The molecule has 18 heavy (non-hydrogen) atoms. The number of carboxylic acid groups (broad SMARTS) is 1. The Balaban J connectivity index is 2.50. The van der Waals surface area contributed by atoms with Gasteiger partial charge in [0.05, 0.1) is 7.11 Å². The van der Waals surface area contributed by atoms with Crippen molar-refractivity contribution >= 4 is 5.97 Å². The van der Waals surface area contributed by atoms with Gasteiger partial charge in [-0.05, 0) is 37.6 Å². The van der Waals surface area contributed by atoms with Crippen molar-refractivity contribution in [2.45, 2.75) is 25.8 Å². The first-order valence-electron chi connectivity index (χ1n) is 5.83. The SMILES string of the molecule is COc1cc(C(C)NCCCC(=O)O)ccc1F. The molecular weight excluding hydrogens is 237 g/mol. The Morgan fingerprint density at radius 3 is 2.89 bits per heavy atom. The Kier molecular flexibility index (Phi) is 5.58. The van der Waals surface area contributed by atoms with E-state index in [9.17, 15) is 9.18 Å². The molecule has 0 radical (unpaired) electrons. The van der Waals surface area contributed by atoms with Crippen LogP contribution in [0, 0.1) is 5.82 Å². The van der Waals surface area contributed by atoms with Crippen LogP contribution in [0.5, 0.6) is 5.75 Å². The van der Waals surface area contributed by atoms with E-state index in [0.717, 1.165) is 5.56 Å². The number of hydrogen-bond acceptors (Lipinski definition) is 3. The van der Waals surface area contributed by atoms with Crippen LogP contribution in [0.1, 0.15) is 31.4 Å². The van der Waals surface area contributed by atoms with Crippen LogP contribution in [0.3, 0.4) is 0 Å². The lowest BCUT2D eigenvalue weighted by Gasteiger charge is -2.15. The van der Waals surface area contributed by atoms with E-state index in [1.54, 1.807) is 12.1 Å². The van der Waals surface area contributed by atoms with Crippen LogP contribution in [0.4, 0.5) is 4.39 Å². The number of carbonyl (C=O) groups is 1. The first-order valence-corrected chi connectivity index (χ1v) is 5.83. The summed E-state index contributed by atoms with van der Waals surface area (Å²) in [5.74, 6) is -0.973. The summed E-state index contributed by atoms with van der Waals surface area (Å²) in [5.41, 5.74) is 0.906. The van der Waals surface area contributed by atoms with E-state index in [4.69, 9.17) is 9.84 Å². The van der Waals surface area contributed by atoms with Crippen molar-refractivity contribution < 1.29 is 19.0 Å². The highest BCUT2D eigenvalue weighted by atomic mass is 19.1. The van der Waals surface area contributed by atoms with Gasteiger partial charge in [0.1, 0.15) is 0 Å². The molecule has 0 aliphatic carbocycles. The first-order chi connectivity index (χ1) is 8.54. The van der Waals surface area contributed by atoms with Gasteiger partial charge < -0.3 is 15.2 Å². The van der Waals surface area contributed by atoms with Crippen molar-refractivity contribution in [1.29, 1.82) is 0 Å². The third-order valence-electron chi connectivity index (χ3n) is 2.69. The Morgan fingerprint density at radius 1 is 1.56 bits per heavy atom. The minimum absolute atomic E-state index is 0.0216. The van der Waals surface area contributed by atoms with Crippen molar-refractivity contribution in [3.05, 3.63) is 29.6 Å². The van der Waals surface area contributed by atoms with E-state index in [0.29, 0.717) is 13.0 Å². The van der Waals surface area contributed by atoms with Crippen LogP contribution < -0.4 is 10.1 Å². The summed E-state index contributed by atoms with van der Waals surface area (Å²) in [6.45, 7) is 2.54. The van der Waals surface area contributed by atoms with Crippen molar-refractivity contribution in [2.24, 2.45) is 0 Å². The molecule has 0 spiro atoms. The molecule has 0 aromatic heterocycles. The number of ether oxygens (including phenoxy) is 1. The number of benzene rings is 1. The molecule has 0 heterocycles. The summed E-state index contributed by atoms with van der Waals surface area (Å²) in [5, 5.41) is 11.7. The van der Waals surface area contributed by atoms with E-state index in [1.807, 2.05) is 6.92 Å². The fourth-order valence-electron chi connectivity index (χ4n) is 1.62. The Hall–Kier alpha value is -1.62. The normalized spacial score (nSPS) is 12.2. The number of aliphatic carboxylic acids is 1. The highest BCUT2D eigenvalue weighted by molar-refractivity contribution is 5.66. The van der Waals surface area contributed by atoms with Crippen LogP contribution in [0.2, 0.25) is 0 Å². The van der Waals surface area contributed by atoms with E-state index < -0.39 is 5.97 Å². The first kappa shape index (κ1) is 14.4. The molecule has 0 bridgehead atoms. The van der Waals surface area contributed by atoms with Gasteiger partial charge in [-0.2, -0.15) is 0 Å². The summed E-state index contributed by atoms with van der Waals surface area (Å²) in [4.78, 5) is 10.3. The zero-order valence-electron chi connectivity index (χ0n) is 10.6.